The summed E-state index contributed by atoms with van der Waals surface area (Å²) in [6.45, 7) is 11.2. The summed E-state index contributed by atoms with van der Waals surface area (Å²) in [5.41, 5.74) is 6.04. The lowest BCUT2D eigenvalue weighted by atomic mass is 10.1. The number of Topliss-reactive ketones (excluding diaryl/α,β-unsaturated/α-hetero) is 1. The largest absolute Gasteiger partial charge is 0.350 e. The highest BCUT2D eigenvalue weighted by Gasteiger charge is 2.22. The molecule has 0 saturated carbocycles. The van der Waals surface area contributed by atoms with E-state index in [4.69, 9.17) is 11.6 Å². The smallest absolute Gasteiger partial charge is 0.196 e. The van der Waals surface area contributed by atoms with Crippen molar-refractivity contribution in [2.75, 3.05) is 38.1 Å². The molecule has 1 fully saturated rings. The van der Waals surface area contributed by atoms with Gasteiger partial charge in [0.05, 0.1) is 16.2 Å². The Hall–Kier alpha value is -2.57. The molecule has 3 aromatic rings. The van der Waals surface area contributed by atoms with Crippen molar-refractivity contribution in [3.8, 4) is 0 Å². The molecule has 1 aromatic heterocycles. The zero-order valence-electron chi connectivity index (χ0n) is 17.8. The molecule has 6 nitrogen and oxygen atoms in total. The lowest BCUT2D eigenvalue weighted by Crippen LogP contribution is -2.50. The number of carbonyl (C=O) groups excluding carboxylic acids is 1. The fourth-order valence-corrected chi connectivity index (χ4v) is 4.59. The summed E-state index contributed by atoms with van der Waals surface area (Å²) in [4.78, 5) is 16.7. The lowest BCUT2D eigenvalue weighted by molar-refractivity contribution is -0.111. The summed E-state index contributed by atoms with van der Waals surface area (Å²) < 4.78 is 2.26. The molecule has 1 aliphatic rings. The molecular weight excluding hydrogens is 398 g/mol. The van der Waals surface area contributed by atoms with Gasteiger partial charge in [-0.05, 0) is 31.7 Å². The molecule has 2 aromatic carbocycles. The maximum Gasteiger partial charge on any atom is 0.196 e. The Morgan fingerprint density at radius 3 is 2.43 bits per heavy atom. The summed E-state index contributed by atoms with van der Waals surface area (Å²) in [5, 5.41) is 7.23. The van der Waals surface area contributed by atoms with Crippen molar-refractivity contribution in [2.24, 2.45) is 5.10 Å². The van der Waals surface area contributed by atoms with Crippen LogP contribution in [-0.2, 0) is 11.3 Å². The van der Waals surface area contributed by atoms with Crippen LogP contribution < -0.4 is 5.43 Å². The fraction of sp³-hybridized carbons (Fsp3) is 0.391. The number of carbonyl (C=O) groups is 1. The van der Waals surface area contributed by atoms with Crippen LogP contribution >= 0.6 is 11.6 Å². The van der Waals surface area contributed by atoms with E-state index < -0.39 is 0 Å². The second-order valence-electron chi connectivity index (χ2n) is 7.61. The molecule has 1 saturated heterocycles. The van der Waals surface area contributed by atoms with E-state index in [-0.39, 0.29) is 5.78 Å². The maximum absolute atomic E-state index is 12.3. The number of fused-ring (bicyclic) bond motifs is 3. The van der Waals surface area contributed by atoms with E-state index in [1.54, 1.807) is 6.92 Å². The van der Waals surface area contributed by atoms with Crippen molar-refractivity contribution >= 4 is 50.7 Å². The van der Waals surface area contributed by atoms with Crippen LogP contribution in [0.4, 0.5) is 5.69 Å². The maximum atomic E-state index is 12.3. The molecule has 0 radical (unpaired) electrons. The van der Waals surface area contributed by atoms with Gasteiger partial charge in [-0.15, -0.1) is 0 Å². The van der Waals surface area contributed by atoms with E-state index in [0.717, 1.165) is 61.1 Å². The predicted octanol–water partition coefficient (Wildman–Crippen LogP) is 4.42. The second-order valence-corrected chi connectivity index (χ2v) is 7.99. The third-order valence-electron chi connectivity index (χ3n) is 5.91. The van der Waals surface area contributed by atoms with Crippen LogP contribution in [0, 0.1) is 0 Å². The van der Waals surface area contributed by atoms with Gasteiger partial charge >= 0.3 is 0 Å². The van der Waals surface area contributed by atoms with Crippen molar-refractivity contribution in [1.29, 1.82) is 0 Å². The number of hydrazone groups is 1. The number of nitrogens with one attached hydrogen (secondary N) is 1. The molecule has 0 amide bonds. The number of ketones is 1. The number of nitrogens with zero attached hydrogens (tertiary/aromatic N) is 4. The van der Waals surface area contributed by atoms with Crippen LogP contribution in [0.3, 0.4) is 0 Å². The summed E-state index contributed by atoms with van der Waals surface area (Å²) in [5.74, 6) is 0.408. The standard InChI is InChI=1S/C23H28ClN5O/c1-4-27-12-14-28(15-13-27)23(16(3)30)26-25-18-10-11-20-21(22(18)24)17-8-6-7-9-19(17)29(20)5-2/h6-11,25H,4-5,12-15H2,1-3H3/b26-23+. The van der Waals surface area contributed by atoms with Crippen molar-refractivity contribution in [3.05, 3.63) is 41.4 Å². The molecule has 1 aliphatic heterocycles. The van der Waals surface area contributed by atoms with Gasteiger partial charge in [0.1, 0.15) is 0 Å². The Bertz CT molecular complexity index is 1110. The van der Waals surface area contributed by atoms with E-state index in [0.29, 0.717) is 16.5 Å². The molecule has 0 aliphatic carbocycles. The first-order valence-electron chi connectivity index (χ1n) is 10.6. The summed E-state index contributed by atoms with van der Waals surface area (Å²) >= 11 is 6.83. The number of para-hydroxylation sites is 1. The number of aromatic nitrogens is 1. The van der Waals surface area contributed by atoms with Gasteiger partial charge in [0.2, 0.25) is 0 Å². The number of likely N-dealkylation sites (N-methyl/N-ethyl adjacent to an activating group) is 1. The van der Waals surface area contributed by atoms with Gasteiger partial charge in [0.15, 0.2) is 11.6 Å². The number of piperazine rings is 1. The molecule has 2 heterocycles. The quantitative estimate of drug-likeness (QED) is 0.373. The van der Waals surface area contributed by atoms with Crippen LogP contribution in [0.25, 0.3) is 21.8 Å². The number of halogens is 1. The number of benzene rings is 2. The van der Waals surface area contributed by atoms with Gasteiger partial charge in [-0.3, -0.25) is 10.2 Å². The minimum absolute atomic E-state index is 0.0489. The minimum Gasteiger partial charge on any atom is -0.350 e. The average molecular weight is 426 g/mol. The van der Waals surface area contributed by atoms with E-state index in [9.17, 15) is 4.79 Å². The van der Waals surface area contributed by atoms with E-state index in [2.05, 4.69) is 56.9 Å². The topological polar surface area (TPSA) is 52.9 Å². The first kappa shape index (κ1) is 20.7. The van der Waals surface area contributed by atoms with Crippen LogP contribution in [0.2, 0.25) is 5.02 Å². The number of hydrogen-bond acceptors (Lipinski definition) is 4. The molecule has 0 atom stereocenters. The summed E-state index contributed by atoms with van der Waals surface area (Å²) in [6.07, 6.45) is 0. The fourth-order valence-electron chi connectivity index (χ4n) is 4.29. The molecular formula is C23H28ClN5O. The number of rotatable bonds is 5. The highest BCUT2D eigenvalue weighted by molar-refractivity contribution is 6.41. The van der Waals surface area contributed by atoms with Crippen molar-refractivity contribution in [2.45, 2.75) is 27.3 Å². The Balaban J connectivity index is 1.68. The average Bonchev–Trinajstić information content (AvgIpc) is 3.09. The first-order valence-corrected chi connectivity index (χ1v) is 10.9. The highest BCUT2D eigenvalue weighted by atomic mass is 35.5. The molecule has 1 N–H and O–H groups in total. The minimum atomic E-state index is -0.0489. The number of anilines is 1. The van der Waals surface area contributed by atoms with Gasteiger partial charge in [-0.2, -0.15) is 5.10 Å². The molecule has 0 bridgehead atoms. The molecule has 0 spiro atoms. The Morgan fingerprint density at radius 2 is 1.77 bits per heavy atom. The third kappa shape index (κ3) is 3.66. The lowest BCUT2D eigenvalue weighted by Gasteiger charge is -2.35. The SMILES string of the molecule is CCN1CCN(/C(=N/Nc2ccc3c(c2Cl)c2ccccc2n3CC)C(C)=O)CC1. The molecule has 30 heavy (non-hydrogen) atoms. The Labute approximate surface area is 182 Å². The summed E-state index contributed by atoms with van der Waals surface area (Å²) in [7, 11) is 0. The van der Waals surface area contributed by atoms with Gasteiger partial charge < -0.3 is 14.4 Å². The van der Waals surface area contributed by atoms with Gasteiger partial charge in [0.25, 0.3) is 0 Å². The van der Waals surface area contributed by atoms with E-state index in [1.165, 1.54) is 0 Å². The van der Waals surface area contributed by atoms with Crippen molar-refractivity contribution in [1.82, 2.24) is 14.4 Å². The van der Waals surface area contributed by atoms with Gasteiger partial charge in [-0.1, -0.05) is 36.7 Å². The van der Waals surface area contributed by atoms with Crippen LogP contribution in [0.15, 0.2) is 41.5 Å². The monoisotopic (exact) mass is 425 g/mol. The highest BCUT2D eigenvalue weighted by Crippen LogP contribution is 2.38. The zero-order valence-corrected chi connectivity index (χ0v) is 18.5. The Morgan fingerprint density at radius 1 is 1.03 bits per heavy atom. The normalized spacial score (nSPS) is 15.9. The molecule has 4 rings (SSSR count). The van der Waals surface area contributed by atoms with Crippen molar-refractivity contribution < 1.29 is 4.79 Å². The first-order chi connectivity index (χ1) is 14.5. The number of amidine groups is 1. The molecule has 158 valence electrons. The Kier molecular flexibility index (Phi) is 5.97. The van der Waals surface area contributed by atoms with Gasteiger partial charge in [0, 0.05) is 55.9 Å². The van der Waals surface area contributed by atoms with Crippen LogP contribution in [0.5, 0.6) is 0 Å². The predicted molar refractivity (Wildman–Crippen MR) is 126 cm³/mol. The molecule has 0 unspecified atom stereocenters. The second kappa shape index (κ2) is 8.66. The van der Waals surface area contributed by atoms with E-state index in [1.807, 2.05) is 18.2 Å². The zero-order chi connectivity index (χ0) is 21.3. The van der Waals surface area contributed by atoms with Crippen LogP contribution in [-0.4, -0.2) is 58.7 Å². The number of hydrogen-bond donors (Lipinski definition) is 1. The van der Waals surface area contributed by atoms with E-state index >= 15 is 0 Å². The summed E-state index contributed by atoms with van der Waals surface area (Å²) in [6, 6.07) is 12.3. The third-order valence-corrected chi connectivity index (χ3v) is 6.30. The van der Waals surface area contributed by atoms with Gasteiger partial charge in [-0.25, -0.2) is 0 Å². The molecule has 7 heteroatoms. The number of aryl methyl sites for hydroxylation is 1. The van der Waals surface area contributed by atoms with Crippen molar-refractivity contribution in [3.63, 3.8) is 0 Å². The van der Waals surface area contributed by atoms with Crippen LogP contribution in [0.1, 0.15) is 20.8 Å².